The van der Waals surface area contributed by atoms with Crippen molar-refractivity contribution in [1.29, 1.82) is 0 Å². The van der Waals surface area contributed by atoms with E-state index in [0.717, 1.165) is 0 Å². The Hall–Kier alpha value is -3.53. The van der Waals surface area contributed by atoms with E-state index in [9.17, 15) is 9.18 Å². The van der Waals surface area contributed by atoms with Crippen molar-refractivity contribution < 1.29 is 22.9 Å². The summed E-state index contributed by atoms with van der Waals surface area (Å²) in [7, 11) is 0. The fourth-order valence-electron chi connectivity index (χ4n) is 2.67. The standard InChI is InChI=1S/C20H15FN4O4S/c1-11-16(19(30-2)24-17(22-11)14-4-3-9-27-14)20(26)28-10-15-23-18(29-25-15)12-5-7-13(21)8-6-12/h3-9H,10H2,1-2H3. The molecule has 0 aliphatic carbocycles. The number of ether oxygens (including phenoxy) is 1. The fourth-order valence-corrected chi connectivity index (χ4v) is 3.28. The minimum atomic E-state index is -0.601. The second-order valence-corrected chi connectivity index (χ2v) is 6.89. The first-order chi connectivity index (χ1) is 14.5. The average molecular weight is 426 g/mol. The molecule has 30 heavy (non-hydrogen) atoms. The van der Waals surface area contributed by atoms with Crippen LogP contribution in [0, 0.1) is 12.7 Å². The number of benzene rings is 1. The molecule has 0 spiro atoms. The van der Waals surface area contributed by atoms with Gasteiger partial charge < -0.3 is 13.7 Å². The number of furan rings is 1. The highest BCUT2D eigenvalue weighted by atomic mass is 32.2. The average Bonchev–Trinajstić information content (AvgIpc) is 3.44. The van der Waals surface area contributed by atoms with Crippen molar-refractivity contribution in [2.75, 3.05) is 6.26 Å². The van der Waals surface area contributed by atoms with Gasteiger partial charge in [-0.25, -0.2) is 19.2 Å². The summed E-state index contributed by atoms with van der Waals surface area (Å²) in [5, 5.41) is 4.26. The molecule has 0 saturated heterocycles. The number of aryl methyl sites for hydroxylation is 1. The number of halogens is 1. The monoisotopic (exact) mass is 426 g/mol. The van der Waals surface area contributed by atoms with E-state index in [-0.39, 0.29) is 29.7 Å². The fraction of sp³-hybridized carbons (Fsp3) is 0.150. The predicted molar refractivity (Wildman–Crippen MR) is 105 cm³/mol. The van der Waals surface area contributed by atoms with Crippen LogP contribution in [-0.2, 0) is 11.3 Å². The third-order valence-corrected chi connectivity index (χ3v) is 4.77. The molecular formula is C20H15FN4O4S. The Balaban J connectivity index is 1.50. The van der Waals surface area contributed by atoms with Gasteiger partial charge in [0.2, 0.25) is 5.82 Å². The van der Waals surface area contributed by atoms with E-state index in [1.54, 1.807) is 25.3 Å². The van der Waals surface area contributed by atoms with Crippen molar-refractivity contribution in [3.05, 3.63) is 65.6 Å². The van der Waals surface area contributed by atoms with Gasteiger partial charge in [0, 0.05) is 5.56 Å². The Morgan fingerprint density at radius 3 is 2.67 bits per heavy atom. The Kier molecular flexibility index (Phi) is 5.57. The number of carbonyl (C=O) groups excluding carboxylic acids is 1. The molecule has 10 heteroatoms. The first kappa shape index (κ1) is 19.8. The molecule has 0 unspecified atom stereocenters. The van der Waals surface area contributed by atoms with E-state index in [2.05, 4.69) is 20.1 Å². The molecule has 4 rings (SSSR count). The van der Waals surface area contributed by atoms with Gasteiger partial charge in [0.15, 0.2) is 18.2 Å². The van der Waals surface area contributed by atoms with Crippen molar-refractivity contribution in [3.8, 4) is 23.0 Å². The summed E-state index contributed by atoms with van der Waals surface area (Å²) < 4.78 is 28.8. The molecule has 0 fully saturated rings. The number of hydrogen-bond donors (Lipinski definition) is 0. The van der Waals surface area contributed by atoms with Crippen LogP contribution in [0.4, 0.5) is 4.39 Å². The lowest BCUT2D eigenvalue weighted by molar-refractivity contribution is 0.0453. The maximum absolute atomic E-state index is 13.0. The van der Waals surface area contributed by atoms with E-state index in [0.29, 0.717) is 27.9 Å². The van der Waals surface area contributed by atoms with Gasteiger partial charge in [-0.1, -0.05) is 5.16 Å². The summed E-state index contributed by atoms with van der Waals surface area (Å²) in [6.07, 6.45) is 3.33. The highest BCUT2D eigenvalue weighted by molar-refractivity contribution is 7.98. The van der Waals surface area contributed by atoms with Crippen LogP contribution < -0.4 is 0 Å². The first-order valence-corrected chi connectivity index (χ1v) is 10.00. The summed E-state index contributed by atoms with van der Waals surface area (Å²) in [4.78, 5) is 25.6. The summed E-state index contributed by atoms with van der Waals surface area (Å²) >= 11 is 1.30. The quantitative estimate of drug-likeness (QED) is 0.253. The molecule has 152 valence electrons. The minimum Gasteiger partial charge on any atom is -0.461 e. The van der Waals surface area contributed by atoms with Gasteiger partial charge in [-0.15, -0.1) is 11.8 Å². The number of esters is 1. The van der Waals surface area contributed by atoms with Crippen molar-refractivity contribution in [3.63, 3.8) is 0 Å². The zero-order valence-corrected chi connectivity index (χ0v) is 16.8. The van der Waals surface area contributed by atoms with Crippen LogP contribution in [-0.4, -0.2) is 32.3 Å². The number of nitrogens with zero attached hydrogens (tertiary/aromatic N) is 4. The molecule has 0 N–H and O–H groups in total. The molecule has 0 radical (unpaired) electrons. The van der Waals surface area contributed by atoms with Crippen molar-refractivity contribution in [1.82, 2.24) is 20.1 Å². The van der Waals surface area contributed by atoms with Crippen LogP contribution >= 0.6 is 11.8 Å². The summed E-state index contributed by atoms with van der Waals surface area (Å²) in [6, 6.07) is 9.10. The summed E-state index contributed by atoms with van der Waals surface area (Å²) in [5.41, 5.74) is 1.29. The van der Waals surface area contributed by atoms with Gasteiger partial charge in [0.1, 0.15) is 16.4 Å². The largest absolute Gasteiger partial charge is 0.461 e. The van der Waals surface area contributed by atoms with Crippen LogP contribution in [0.25, 0.3) is 23.0 Å². The van der Waals surface area contributed by atoms with E-state index < -0.39 is 5.97 Å². The molecule has 1 aromatic carbocycles. The zero-order chi connectivity index (χ0) is 21.1. The number of hydrogen-bond acceptors (Lipinski definition) is 9. The topological polar surface area (TPSA) is 104 Å². The van der Waals surface area contributed by atoms with Crippen molar-refractivity contribution >= 4 is 17.7 Å². The molecule has 0 saturated carbocycles. The van der Waals surface area contributed by atoms with E-state index in [4.69, 9.17) is 13.7 Å². The zero-order valence-electron chi connectivity index (χ0n) is 16.0. The molecular weight excluding hydrogens is 411 g/mol. The molecule has 8 nitrogen and oxygen atoms in total. The van der Waals surface area contributed by atoms with E-state index >= 15 is 0 Å². The maximum atomic E-state index is 13.0. The van der Waals surface area contributed by atoms with Crippen LogP contribution in [0.5, 0.6) is 0 Å². The Morgan fingerprint density at radius 2 is 1.97 bits per heavy atom. The molecule has 0 bridgehead atoms. The number of rotatable bonds is 6. The lowest BCUT2D eigenvalue weighted by atomic mass is 10.2. The van der Waals surface area contributed by atoms with Gasteiger partial charge in [-0.3, -0.25) is 0 Å². The second kappa shape index (κ2) is 8.46. The lowest BCUT2D eigenvalue weighted by Crippen LogP contribution is -2.12. The lowest BCUT2D eigenvalue weighted by Gasteiger charge is -2.10. The summed E-state index contributed by atoms with van der Waals surface area (Å²) in [6.45, 7) is 1.50. The van der Waals surface area contributed by atoms with Gasteiger partial charge in [0.05, 0.1) is 12.0 Å². The maximum Gasteiger partial charge on any atom is 0.343 e. The second-order valence-electron chi connectivity index (χ2n) is 6.09. The molecule has 0 atom stereocenters. The van der Waals surface area contributed by atoms with Gasteiger partial charge >= 0.3 is 5.97 Å². The first-order valence-electron chi connectivity index (χ1n) is 8.77. The highest BCUT2D eigenvalue weighted by Crippen LogP contribution is 2.26. The molecule has 3 heterocycles. The molecule has 0 aliphatic rings. The third kappa shape index (κ3) is 4.08. The van der Waals surface area contributed by atoms with E-state index in [1.165, 1.54) is 42.3 Å². The molecule has 3 aromatic heterocycles. The number of thioether (sulfide) groups is 1. The third-order valence-electron chi connectivity index (χ3n) is 4.09. The summed E-state index contributed by atoms with van der Waals surface area (Å²) in [5.74, 6) is 0.310. The van der Waals surface area contributed by atoms with Crippen molar-refractivity contribution in [2.24, 2.45) is 0 Å². The van der Waals surface area contributed by atoms with Crippen LogP contribution in [0.1, 0.15) is 21.9 Å². The Morgan fingerprint density at radius 1 is 1.17 bits per heavy atom. The van der Waals surface area contributed by atoms with Crippen LogP contribution in [0.2, 0.25) is 0 Å². The van der Waals surface area contributed by atoms with Crippen LogP contribution in [0.3, 0.4) is 0 Å². The highest BCUT2D eigenvalue weighted by Gasteiger charge is 2.22. The van der Waals surface area contributed by atoms with Gasteiger partial charge in [-0.2, -0.15) is 4.98 Å². The normalized spacial score (nSPS) is 10.9. The van der Waals surface area contributed by atoms with Gasteiger partial charge in [0.25, 0.3) is 5.89 Å². The molecule has 0 amide bonds. The minimum absolute atomic E-state index is 0.180. The molecule has 0 aliphatic heterocycles. The van der Waals surface area contributed by atoms with Crippen LogP contribution in [0.15, 0.2) is 56.6 Å². The Labute approximate surface area is 174 Å². The smallest absolute Gasteiger partial charge is 0.343 e. The van der Waals surface area contributed by atoms with Gasteiger partial charge in [-0.05, 0) is 49.6 Å². The molecule has 4 aromatic rings. The predicted octanol–water partition coefficient (Wildman–Crippen LogP) is 4.31. The number of aromatic nitrogens is 4. The SMILES string of the molecule is CSc1nc(-c2ccco2)nc(C)c1C(=O)OCc1noc(-c2ccc(F)cc2)n1. The Bertz CT molecular complexity index is 1180. The number of carbonyl (C=O) groups is 1. The van der Waals surface area contributed by atoms with E-state index in [1.807, 2.05) is 0 Å². The van der Waals surface area contributed by atoms with Crippen molar-refractivity contribution in [2.45, 2.75) is 18.6 Å².